The maximum absolute atomic E-state index is 9.05. The van der Waals surface area contributed by atoms with E-state index in [9.17, 15) is 0 Å². The van der Waals surface area contributed by atoms with E-state index in [4.69, 9.17) is 5.11 Å². The molecule has 0 aliphatic carbocycles. The summed E-state index contributed by atoms with van der Waals surface area (Å²) in [5.41, 5.74) is 3.09. The van der Waals surface area contributed by atoms with Crippen LogP contribution in [0.1, 0.15) is 23.4 Å². The normalized spacial score (nSPS) is 19.6. The van der Waals surface area contributed by atoms with E-state index < -0.39 is 0 Å². The van der Waals surface area contributed by atoms with Crippen LogP contribution in [-0.4, -0.2) is 34.7 Å². The molecule has 0 aromatic carbocycles. The van der Waals surface area contributed by atoms with Crippen LogP contribution in [0.4, 0.5) is 0 Å². The second-order valence-corrected chi connectivity index (χ2v) is 5.20. The Morgan fingerprint density at radius 2 is 2.27 bits per heavy atom. The summed E-state index contributed by atoms with van der Waals surface area (Å²) in [5, 5.41) is 9.05. The van der Waals surface area contributed by atoms with E-state index in [0.717, 1.165) is 32.5 Å². The number of aromatic nitrogens is 1. The van der Waals surface area contributed by atoms with Gasteiger partial charge in [0.05, 0.1) is 11.2 Å². The molecule has 0 saturated carbocycles. The van der Waals surface area contributed by atoms with Gasteiger partial charge in [0.2, 0.25) is 0 Å². The van der Waals surface area contributed by atoms with Crippen LogP contribution in [0.15, 0.2) is 5.51 Å². The number of likely N-dealkylation sites (tertiary alicyclic amines) is 1. The zero-order chi connectivity index (χ0) is 10.7. The second-order valence-electron chi connectivity index (χ2n) is 4.26. The van der Waals surface area contributed by atoms with Gasteiger partial charge in [0.15, 0.2) is 0 Å². The molecule has 1 aromatic heterocycles. The molecular formula is C11H18N2OS. The van der Waals surface area contributed by atoms with Crippen molar-refractivity contribution in [2.24, 2.45) is 5.92 Å². The summed E-state index contributed by atoms with van der Waals surface area (Å²) in [7, 11) is 0. The minimum Gasteiger partial charge on any atom is -0.396 e. The topological polar surface area (TPSA) is 36.4 Å². The number of hydrogen-bond donors (Lipinski definition) is 1. The number of thiazole rings is 1. The van der Waals surface area contributed by atoms with Crippen molar-refractivity contribution in [2.45, 2.75) is 26.3 Å². The molecule has 1 aliphatic heterocycles. The Balaban J connectivity index is 1.85. The molecule has 4 heteroatoms. The molecule has 1 fully saturated rings. The predicted molar refractivity (Wildman–Crippen MR) is 61.9 cm³/mol. The van der Waals surface area contributed by atoms with Crippen molar-refractivity contribution < 1.29 is 5.11 Å². The molecule has 0 bridgehead atoms. The summed E-state index contributed by atoms with van der Waals surface area (Å²) in [4.78, 5) is 8.12. The summed E-state index contributed by atoms with van der Waals surface area (Å²) in [6.45, 7) is 5.69. The van der Waals surface area contributed by atoms with Gasteiger partial charge in [-0.25, -0.2) is 4.98 Å². The van der Waals surface area contributed by atoms with Gasteiger partial charge in [0.25, 0.3) is 0 Å². The lowest BCUT2D eigenvalue weighted by Gasteiger charge is -2.30. The standard InChI is InChI=1S/C11H18N2OS/c1-9-11(15-8-12-9)6-13-4-2-10(7-14)3-5-13/h8,10,14H,2-7H2,1H3. The van der Waals surface area contributed by atoms with Gasteiger partial charge in [-0.3, -0.25) is 4.90 Å². The molecule has 1 aliphatic rings. The van der Waals surface area contributed by atoms with Gasteiger partial charge in [-0.2, -0.15) is 0 Å². The quantitative estimate of drug-likeness (QED) is 0.851. The fourth-order valence-electron chi connectivity index (χ4n) is 2.01. The van der Waals surface area contributed by atoms with Crippen molar-refractivity contribution in [2.75, 3.05) is 19.7 Å². The first-order valence-electron chi connectivity index (χ1n) is 5.51. The van der Waals surface area contributed by atoms with Crippen LogP contribution >= 0.6 is 11.3 Å². The minimum atomic E-state index is 0.355. The van der Waals surface area contributed by atoms with E-state index in [2.05, 4.69) is 16.8 Å². The Labute approximate surface area is 94.8 Å². The van der Waals surface area contributed by atoms with Crippen LogP contribution in [-0.2, 0) is 6.54 Å². The number of rotatable bonds is 3. The second kappa shape index (κ2) is 5.05. The summed E-state index contributed by atoms with van der Waals surface area (Å²) in [6.07, 6.45) is 2.27. The van der Waals surface area contributed by atoms with Gasteiger partial charge >= 0.3 is 0 Å². The van der Waals surface area contributed by atoms with Crippen molar-refractivity contribution in [3.8, 4) is 0 Å². The van der Waals surface area contributed by atoms with E-state index in [0.29, 0.717) is 12.5 Å². The third-order valence-electron chi connectivity index (χ3n) is 3.18. The Kier molecular flexibility index (Phi) is 3.72. The smallest absolute Gasteiger partial charge is 0.0798 e. The highest BCUT2D eigenvalue weighted by Crippen LogP contribution is 2.21. The average Bonchev–Trinajstić information content (AvgIpc) is 2.66. The molecule has 0 unspecified atom stereocenters. The molecule has 0 radical (unpaired) electrons. The van der Waals surface area contributed by atoms with Crippen LogP contribution in [0, 0.1) is 12.8 Å². The van der Waals surface area contributed by atoms with E-state index >= 15 is 0 Å². The van der Waals surface area contributed by atoms with Gasteiger partial charge in [-0.05, 0) is 38.8 Å². The number of nitrogens with zero attached hydrogens (tertiary/aromatic N) is 2. The van der Waals surface area contributed by atoms with E-state index in [1.807, 2.05) is 5.51 Å². The lowest BCUT2D eigenvalue weighted by Crippen LogP contribution is -2.34. The van der Waals surface area contributed by atoms with Crippen molar-refractivity contribution in [3.63, 3.8) is 0 Å². The highest BCUT2D eigenvalue weighted by Gasteiger charge is 2.19. The predicted octanol–water partition coefficient (Wildman–Crippen LogP) is 1.66. The molecule has 0 amide bonds. The number of aliphatic hydroxyl groups excluding tert-OH is 1. The van der Waals surface area contributed by atoms with Crippen LogP contribution in [0.5, 0.6) is 0 Å². The lowest BCUT2D eigenvalue weighted by molar-refractivity contribution is 0.128. The molecule has 1 aromatic rings. The van der Waals surface area contributed by atoms with Crippen molar-refractivity contribution >= 4 is 11.3 Å². The van der Waals surface area contributed by atoms with Crippen molar-refractivity contribution in [1.82, 2.24) is 9.88 Å². The fraction of sp³-hybridized carbons (Fsp3) is 0.727. The summed E-state index contributed by atoms with van der Waals surface area (Å²) < 4.78 is 0. The maximum atomic E-state index is 9.05. The third kappa shape index (κ3) is 2.77. The SMILES string of the molecule is Cc1ncsc1CN1CCC(CO)CC1. The van der Waals surface area contributed by atoms with E-state index in [1.54, 1.807) is 11.3 Å². The largest absolute Gasteiger partial charge is 0.396 e. The zero-order valence-corrected chi connectivity index (χ0v) is 9.96. The molecule has 2 heterocycles. The molecule has 15 heavy (non-hydrogen) atoms. The van der Waals surface area contributed by atoms with E-state index in [-0.39, 0.29) is 0 Å². The third-order valence-corrected chi connectivity index (χ3v) is 4.10. The van der Waals surface area contributed by atoms with Crippen molar-refractivity contribution in [1.29, 1.82) is 0 Å². The highest BCUT2D eigenvalue weighted by molar-refractivity contribution is 7.09. The monoisotopic (exact) mass is 226 g/mol. The zero-order valence-electron chi connectivity index (χ0n) is 9.15. The summed E-state index contributed by atoms with van der Waals surface area (Å²) in [5.74, 6) is 0.531. The molecular weight excluding hydrogens is 208 g/mol. The van der Waals surface area contributed by atoms with Crippen LogP contribution in [0.2, 0.25) is 0 Å². The van der Waals surface area contributed by atoms with E-state index in [1.165, 1.54) is 10.6 Å². The van der Waals surface area contributed by atoms with Crippen LogP contribution in [0.25, 0.3) is 0 Å². The minimum absolute atomic E-state index is 0.355. The number of aliphatic hydroxyl groups is 1. The number of piperidine rings is 1. The number of aryl methyl sites for hydroxylation is 1. The first-order chi connectivity index (χ1) is 7.29. The highest BCUT2D eigenvalue weighted by atomic mass is 32.1. The van der Waals surface area contributed by atoms with Gasteiger partial charge in [-0.1, -0.05) is 0 Å². The summed E-state index contributed by atoms with van der Waals surface area (Å²) in [6, 6.07) is 0. The number of hydrogen-bond acceptors (Lipinski definition) is 4. The fourth-order valence-corrected chi connectivity index (χ4v) is 2.83. The Morgan fingerprint density at radius 3 is 2.80 bits per heavy atom. The Hall–Kier alpha value is -0.450. The molecule has 1 N–H and O–H groups in total. The first-order valence-corrected chi connectivity index (χ1v) is 6.39. The first kappa shape index (κ1) is 11.0. The molecule has 1 saturated heterocycles. The van der Waals surface area contributed by atoms with Crippen LogP contribution < -0.4 is 0 Å². The molecule has 84 valence electrons. The van der Waals surface area contributed by atoms with Crippen molar-refractivity contribution in [3.05, 3.63) is 16.1 Å². The Morgan fingerprint density at radius 1 is 1.53 bits per heavy atom. The molecule has 0 atom stereocenters. The van der Waals surface area contributed by atoms with Crippen LogP contribution in [0.3, 0.4) is 0 Å². The molecule has 3 nitrogen and oxygen atoms in total. The van der Waals surface area contributed by atoms with Gasteiger partial charge in [0.1, 0.15) is 0 Å². The molecule has 0 spiro atoms. The van der Waals surface area contributed by atoms with Gasteiger partial charge in [0, 0.05) is 18.0 Å². The average molecular weight is 226 g/mol. The Bertz CT molecular complexity index is 305. The maximum Gasteiger partial charge on any atom is 0.0798 e. The van der Waals surface area contributed by atoms with Gasteiger partial charge in [-0.15, -0.1) is 11.3 Å². The molecule has 2 rings (SSSR count). The van der Waals surface area contributed by atoms with Gasteiger partial charge < -0.3 is 5.11 Å². The lowest BCUT2D eigenvalue weighted by atomic mass is 9.98. The summed E-state index contributed by atoms with van der Waals surface area (Å²) >= 11 is 1.75.